The molecule has 0 aromatic heterocycles. The van der Waals surface area contributed by atoms with Crippen molar-refractivity contribution in [2.24, 2.45) is 0 Å². The Bertz CT molecular complexity index is 20.0. The molecule has 0 fully saturated rings. The van der Waals surface area contributed by atoms with Gasteiger partial charge in [-0.3, -0.25) is 0 Å². The van der Waals surface area contributed by atoms with Crippen LogP contribution in [0.2, 0.25) is 0 Å². The summed E-state index contributed by atoms with van der Waals surface area (Å²) >= 11 is 0. The summed E-state index contributed by atoms with van der Waals surface area (Å²) in [5.74, 6) is 0. The molecule has 5 nitrogen and oxygen atoms in total. The zero-order chi connectivity index (χ0) is 0. The summed E-state index contributed by atoms with van der Waals surface area (Å²) in [5.41, 5.74) is 0. The SMILES string of the molecule is O.O.O.O.O.[NaH].[NaH].[NaH].[NaH].[NaH].[NaH].[NaH].[NaH].[NaH].[NaH].[NaH].[NaH].[NaH].[NaH].[NaH].[NaH].[NaH].[NaH].[NaH].[NaH].[NaH].[NaH].[NaH].[NaH].[NaH].[NaH].[NaH]. The molecule has 0 rings (SSSR count). The van der Waals surface area contributed by atoms with E-state index in [-0.39, 0.29) is 825 Å². The number of hydrogen-bond donors (Lipinski definition) is 0. The van der Waals surface area contributed by atoms with Gasteiger partial charge in [0.25, 0.3) is 0 Å². The van der Waals surface area contributed by atoms with Crippen molar-refractivity contribution >= 4 is 798 Å². The van der Waals surface area contributed by atoms with Crippen molar-refractivity contribution in [2.75, 3.05) is 0 Å². The molecule has 0 aromatic rings. The van der Waals surface area contributed by atoms with Crippen LogP contribution >= 0.6 is 0 Å². The van der Waals surface area contributed by atoms with E-state index in [0.717, 1.165) is 0 Å². The molecule has 0 unspecified atom stereocenters. The molecule has 94 valence electrons. The van der Waals surface area contributed by atoms with E-state index in [0.29, 0.717) is 0 Å². The summed E-state index contributed by atoms with van der Waals surface area (Å²) in [6.07, 6.45) is 0. The van der Waals surface area contributed by atoms with E-state index in [1.165, 1.54) is 0 Å². The third-order valence-corrected chi connectivity index (χ3v) is 0. The van der Waals surface area contributed by atoms with Gasteiger partial charge in [-0.15, -0.1) is 0 Å². The molecular weight excluding hydrogens is 701 g/mol. The molecule has 0 heterocycles. The Labute approximate surface area is 796 Å². The Morgan fingerprint density at radius 3 is 0.0625 bits per heavy atom. The van der Waals surface area contributed by atoms with Crippen molar-refractivity contribution in [3.63, 3.8) is 0 Å². The van der Waals surface area contributed by atoms with Crippen LogP contribution in [0.4, 0.5) is 0 Å². The molecule has 0 aliphatic heterocycles. The fourth-order valence-electron chi connectivity index (χ4n) is 0. The Balaban J connectivity index is 0. The fourth-order valence-corrected chi connectivity index (χ4v) is 0. The van der Waals surface area contributed by atoms with Crippen LogP contribution in [0.5, 0.6) is 0 Å². The van der Waals surface area contributed by atoms with Crippen LogP contribution in [0.15, 0.2) is 0 Å². The third kappa shape index (κ3) is 246. The van der Waals surface area contributed by atoms with Crippen LogP contribution < -0.4 is 0 Å². The van der Waals surface area contributed by atoms with Gasteiger partial charge in [-0.2, -0.15) is 0 Å². The molecule has 0 aliphatic rings. The summed E-state index contributed by atoms with van der Waals surface area (Å²) < 4.78 is 0. The summed E-state index contributed by atoms with van der Waals surface area (Å²) in [7, 11) is 0. The van der Waals surface area contributed by atoms with Gasteiger partial charge in [-0.1, -0.05) is 0 Å². The predicted molar refractivity (Wildman–Crippen MR) is 211 cm³/mol. The van der Waals surface area contributed by atoms with Gasteiger partial charge in [-0.25, -0.2) is 0 Å². The van der Waals surface area contributed by atoms with E-state index in [2.05, 4.69) is 0 Å². The van der Waals surface area contributed by atoms with Crippen LogP contribution in [-0.4, -0.2) is 825 Å². The molecule has 0 radical (unpaired) electrons. The van der Waals surface area contributed by atoms with Gasteiger partial charge in [0.05, 0.1) is 0 Å². The van der Waals surface area contributed by atoms with Gasteiger partial charge in [0.2, 0.25) is 0 Å². The summed E-state index contributed by atoms with van der Waals surface area (Å²) in [5, 5.41) is 0. The molecule has 0 saturated heterocycles. The van der Waals surface area contributed by atoms with Crippen LogP contribution in [0, 0.1) is 0 Å². The van der Waals surface area contributed by atoms with E-state index in [4.69, 9.17) is 0 Å². The molecular formula is H37Na27O5. The molecule has 0 saturated carbocycles. The first-order valence-corrected chi connectivity index (χ1v) is 0. The monoisotopic (exact) mass is 738 g/mol. The Morgan fingerprint density at radius 2 is 0.0625 bits per heavy atom. The average Bonchev–Trinajstić information content (AvgIpc) is 0. The third-order valence-electron chi connectivity index (χ3n) is 0. The van der Waals surface area contributed by atoms with Gasteiger partial charge in [-0.05, 0) is 0 Å². The Kier molecular flexibility index (Phi) is 2220. The van der Waals surface area contributed by atoms with Gasteiger partial charge < -0.3 is 27.4 Å². The van der Waals surface area contributed by atoms with Crippen molar-refractivity contribution in [3.8, 4) is 0 Å². The van der Waals surface area contributed by atoms with Gasteiger partial charge >= 0.3 is 798 Å². The topological polar surface area (TPSA) is 158 Å². The van der Waals surface area contributed by atoms with Crippen molar-refractivity contribution in [2.45, 2.75) is 0 Å². The predicted octanol–water partition coefficient (Wildman–Crippen LogP) is -21.6. The van der Waals surface area contributed by atoms with E-state index in [1.54, 1.807) is 0 Å². The minimum absolute atomic E-state index is 0. The van der Waals surface area contributed by atoms with Crippen LogP contribution in [-0.2, 0) is 0 Å². The van der Waals surface area contributed by atoms with E-state index in [1.807, 2.05) is 0 Å². The number of hydrogen-bond acceptors (Lipinski definition) is 0. The maximum absolute atomic E-state index is 0. The minimum atomic E-state index is 0. The van der Waals surface area contributed by atoms with Crippen LogP contribution in [0.1, 0.15) is 0 Å². The normalized spacial score (nSPS) is 0. The van der Waals surface area contributed by atoms with Gasteiger partial charge in [0.15, 0.2) is 0 Å². The first-order valence-electron chi connectivity index (χ1n) is 0. The molecule has 0 spiro atoms. The fraction of sp³-hybridized carbons (Fsp3) is 0. The van der Waals surface area contributed by atoms with Crippen LogP contribution in [0.3, 0.4) is 0 Å². The zero-order valence-electron chi connectivity index (χ0n) is 2.50. The van der Waals surface area contributed by atoms with E-state index >= 15 is 0 Å². The van der Waals surface area contributed by atoms with Gasteiger partial charge in [0, 0.05) is 0 Å². The molecule has 0 aromatic carbocycles. The summed E-state index contributed by atoms with van der Waals surface area (Å²) in [6.45, 7) is 0. The van der Waals surface area contributed by atoms with E-state index < -0.39 is 0 Å². The number of rotatable bonds is 0. The quantitative estimate of drug-likeness (QED) is 0.217. The van der Waals surface area contributed by atoms with Crippen molar-refractivity contribution < 1.29 is 27.4 Å². The second-order valence-corrected chi connectivity index (χ2v) is 0. The Morgan fingerprint density at radius 1 is 0.0625 bits per heavy atom. The average molecular weight is 738 g/mol. The van der Waals surface area contributed by atoms with Crippen LogP contribution in [0.25, 0.3) is 0 Å². The first-order chi connectivity index (χ1) is 0. The summed E-state index contributed by atoms with van der Waals surface area (Å²) in [4.78, 5) is 0. The van der Waals surface area contributed by atoms with Crippen molar-refractivity contribution in [1.29, 1.82) is 0 Å². The van der Waals surface area contributed by atoms with Crippen molar-refractivity contribution in [1.82, 2.24) is 0 Å². The van der Waals surface area contributed by atoms with Crippen molar-refractivity contribution in [3.05, 3.63) is 0 Å². The van der Waals surface area contributed by atoms with Gasteiger partial charge in [0.1, 0.15) is 0 Å². The Hall–Kier alpha value is 26.8. The molecule has 0 aliphatic carbocycles. The zero-order valence-corrected chi connectivity index (χ0v) is 2.50. The standard InChI is InChI=1S/27Na.5H2O.27H/h;;;;;;;;;;;;;;;;;;;;;;;;;;;5*1H2;;;;;;;;;;;;;;;;;;;;;;;;;;;. The first kappa shape index (κ1) is 274. The van der Waals surface area contributed by atoms with E-state index in [9.17, 15) is 0 Å². The molecule has 0 amide bonds. The second-order valence-electron chi connectivity index (χ2n) is 0. The second kappa shape index (κ2) is 260. The maximum atomic E-state index is 0. The molecule has 32 heteroatoms. The molecule has 32 heavy (non-hydrogen) atoms. The molecule has 0 atom stereocenters. The molecule has 0 bridgehead atoms. The summed E-state index contributed by atoms with van der Waals surface area (Å²) in [6, 6.07) is 0. The molecule has 10 N–H and O–H groups in total.